The smallest absolute Gasteiger partial charge is 0.262 e. The quantitative estimate of drug-likeness (QED) is 0.178. The van der Waals surface area contributed by atoms with Gasteiger partial charge in [-0.2, -0.15) is 0 Å². The number of nitrogens with two attached hydrogens (primary N) is 1. The summed E-state index contributed by atoms with van der Waals surface area (Å²) in [7, 11) is 1.58. The minimum absolute atomic E-state index is 0.0332. The summed E-state index contributed by atoms with van der Waals surface area (Å²) in [6.07, 6.45) is 6.86. The molecule has 2 aliphatic heterocycles. The third-order valence-corrected chi connectivity index (χ3v) is 10.1. The standard InChI is InChI=1S/C38H40N6O7S/c1-23-3-7-34(52-23)29-19-44(18-24-9-11-48-12-10-24)20-30(36(29)45)38(46)41-35-8-5-31(42-43-35)28-15-26(17-40-37(28)39)25-4-6-32(33(16-25)47-2)51-22-27-21-49-13-14-50-27/h3-8,15-17,19-20,24,27H,9-14,18,21-22H2,1-2H3,(H2,39,40)(H,41,43,46)/t27-/m1/s1. The van der Waals surface area contributed by atoms with Gasteiger partial charge in [-0.1, -0.05) is 6.07 Å². The Balaban J connectivity index is 1.09. The Kier molecular flexibility index (Phi) is 10.9. The number of hydrogen-bond donors (Lipinski definition) is 2. The van der Waals surface area contributed by atoms with Crippen molar-refractivity contribution in [3.05, 3.63) is 87.8 Å². The number of aryl methyl sites for hydroxylation is 1. The number of carbonyl (C=O) groups excluding carboxylic acids is 1. The van der Waals surface area contributed by atoms with Crippen molar-refractivity contribution >= 4 is 28.9 Å². The lowest BCUT2D eigenvalue weighted by Crippen LogP contribution is -2.33. The lowest BCUT2D eigenvalue weighted by molar-refractivity contribution is -0.101. The second-order valence-electron chi connectivity index (χ2n) is 12.7. The lowest BCUT2D eigenvalue weighted by Gasteiger charge is -2.23. The van der Waals surface area contributed by atoms with Crippen molar-refractivity contribution in [1.82, 2.24) is 19.7 Å². The number of nitrogens with one attached hydrogen (secondary N) is 1. The molecule has 0 unspecified atom stereocenters. The molecule has 2 fully saturated rings. The van der Waals surface area contributed by atoms with Crippen molar-refractivity contribution in [3.63, 3.8) is 0 Å². The van der Waals surface area contributed by atoms with Crippen molar-refractivity contribution in [1.29, 1.82) is 0 Å². The first-order chi connectivity index (χ1) is 25.3. The highest BCUT2D eigenvalue weighted by Crippen LogP contribution is 2.35. The number of aromatic nitrogens is 4. The Bertz CT molecular complexity index is 2090. The Hall–Kier alpha value is -5.15. The van der Waals surface area contributed by atoms with Crippen LogP contribution < -0.4 is 26.0 Å². The van der Waals surface area contributed by atoms with Crippen molar-refractivity contribution in [2.75, 3.05) is 57.8 Å². The van der Waals surface area contributed by atoms with Crippen LogP contribution in [0.25, 0.3) is 32.8 Å². The van der Waals surface area contributed by atoms with Gasteiger partial charge in [0.05, 0.1) is 38.2 Å². The SMILES string of the molecule is COc1cc(-c2cnc(N)c(-c3ccc(NC(=O)c4cn(CC5CCOCC5)cc(-c5ccc(C)s5)c4=O)nn3)c2)ccc1OC[C@H]1COCCO1. The summed E-state index contributed by atoms with van der Waals surface area (Å²) < 4.78 is 30.2. The van der Waals surface area contributed by atoms with E-state index < -0.39 is 5.91 Å². The second kappa shape index (κ2) is 16.0. The van der Waals surface area contributed by atoms with E-state index in [0.717, 1.165) is 33.7 Å². The first-order valence-corrected chi connectivity index (χ1v) is 18.0. The molecule has 52 heavy (non-hydrogen) atoms. The van der Waals surface area contributed by atoms with Gasteiger partial charge in [-0.25, -0.2) is 4.98 Å². The van der Waals surface area contributed by atoms with Crippen LogP contribution in [0.4, 0.5) is 11.6 Å². The van der Waals surface area contributed by atoms with Crippen LogP contribution in [0.3, 0.4) is 0 Å². The van der Waals surface area contributed by atoms with Gasteiger partial charge in [-0.3, -0.25) is 9.59 Å². The molecule has 6 heterocycles. The van der Waals surface area contributed by atoms with Gasteiger partial charge in [-0.15, -0.1) is 21.5 Å². The number of thiophene rings is 1. The number of methoxy groups -OCH3 is 1. The Morgan fingerprint density at radius 3 is 2.58 bits per heavy atom. The summed E-state index contributed by atoms with van der Waals surface area (Å²) in [6, 6.07) is 14.7. The predicted molar refractivity (Wildman–Crippen MR) is 198 cm³/mol. The van der Waals surface area contributed by atoms with Crippen molar-refractivity contribution < 1.29 is 28.5 Å². The van der Waals surface area contributed by atoms with Gasteiger partial charge in [-0.05, 0) is 73.7 Å². The molecule has 270 valence electrons. The maximum atomic E-state index is 13.7. The zero-order chi connectivity index (χ0) is 36.0. The number of hydrogen-bond acceptors (Lipinski definition) is 12. The average molecular weight is 725 g/mol. The fraction of sp³-hybridized carbons (Fsp3) is 0.342. The van der Waals surface area contributed by atoms with E-state index in [-0.39, 0.29) is 28.7 Å². The van der Waals surface area contributed by atoms with Crippen LogP contribution >= 0.6 is 11.3 Å². The number of anilines is 2. The lowest BCUT2D eigenvalue weighted by atomic mass is 10.00. The molecule has 1 aromatic carbocycles. The van der Waals surface area contributed by atoms with Gasteiger partial charge in [0.25, 0.3) is 5.91 Å². The summed E-state index contributed by atoms with van der Waals surface area (Å²) in [5.74, 6) is 1.42. The molecule has 7 rings (SSSR count). The molecule has 4 aromatic heterocycles. The molecule has 1 amide bonds. The highest BCUT2D eigenvalue weighted by molar-refractivity contribution is 7.15. The predicted octanol–water partition coefficient (Wildman–Crippen LogP) is 5.47. The maximum Gasteiger partial charge on any atom is 0.262 e. The number of nitrogen functional groups attached to an aromatic ring is 1. The molecule has 1 atom stereocenters. The van der Waals surface area contributed by atoms with E-state index in [1.54, 1.807) is 31.6 Å². The summed E-state index contributed by atoms with van der Waals surface area (Å²) >= 11 is 1.52. The molecule has 2 saturated heterocycles. The minimum atomic E-state index is -0.563. The number of rotatable bonds is 11. The molecule has 14 heteroatoms. The molecule has 3 N–H and O–H groups in total. The normalized spacial score (nSPS) is 16.4. The molecule has 0 aliphatic carbocycles. The van der Waals surface area contributed by atoms with Gasteiger partial charge < -0.3 is 39.3 Å². The van der Waals surface area contributed by atoms with Gasteiger partial charge >= 0.3 is 0 Å². The van der Waals surface area contributed by atoms with Crippen LogP contribution in [-0.4, -0.2) is 78.5 Å². The van der Waals surface area contributed by atoms with Crippen LogP contribution in [0.5, 0.6) is 11.5 Å². The molecule has 5 aromatic rings. The molecule has 13 nitrogen and oxygen atoms in total. The highest BCUT2D eigenvalue weighted by atomic mass is 32.1. The van der Waals surface area contributed by atoms with Crippen LogP contribution in [0.15, 0.2) is 71.9 Å². The molecule has 2 aliphatic rings. The summed E-state index contributed by atoms with van der Waals surface area (Å²) in [5.41, 5.74) is 9.09. The number of amides is 1. The van der Waals surface area contributed by atoms with Crippen LogP contribution in [-0.2, 0) is 20.8 Å². The zero-order valence-corrected chi connectivity index (χ0v) is 29.8. The monoisotopic (exact) mass is 724 g/mol. The average Bonchev–Trinajstić information content (AvgIpc) is 3.61. The fourth-order valence-electron chi connectivity index (χ4n) is 6.23. The van der Waals surface area contributed by atoms with E-state index in [4.69, 9.17) is 29.4 Å². The zero-order valence-electron chi connectivity index (χ0n) is 29.0. The maximum absolute atomic E-state index is 13.7. The number of nitrogens with zero attached hydrogens (tertiary/aromatic N) is 4. The van der Waals surface area contributed by atoms with Crippen molar-refractivity contribution in [2.24, 2.45) is 5.92 Å². The molecule has 0 spiro atoms. The van der Waals surface area contributed by atoms with Crippen LogP contribution in [0, 0.1) is 12.8 Å². The molecule has 0 saturated carbocycles. The first-order valence-electron chi connectivity index (χ1n) is 17.1. The topological polar surface area (TPSA) is 162 Å². The van der Waals surface area contributed by atoms with E-state index in [1.807, 2.05) is 54.1 Å². The summed E-state index contributed by atoms with van der Waals surface area (Å²) in [6.45, 7) is 6.05. The van der Waals surface area contributed by atoms with Crippen molar-refractivity contribution in [3.8, 4) is 44.3 Å². The Labute approximate surface area is 304 Å². The van der Waals surface area contributed by atoms with E-state index in [1.165, 1.54) is 11.3 Å². The highest BCUT2D eigenvalue weighted by Gasteiger charge is 2.21. The van der Waals surface area contributed by atoms with Gasteiger partial charge in [0.2, 0.25) is 5.43 Å². The third kappa shape index (κ3) is 8.15. The van der Waals surface area contributed by atoms with Gasteiger partial charge in [0, 0.05) is 59.2 Å². The third-order valence-electron chi connectivity index (χ3n) is 9.05. The minimum Gasteiger partial charge on any atom is -0.493 e. The number of ether oxygens (including phenoxy) is 5. The first kappa shape index (κ1) is 35.3. The van der Waals surface area contributed by atoms with E-state index in [9.17, 15) is 9.59 Å². The largest absolute Gasteiger partial charge is 0.493 e. The fourth-order valence-corrected chi connectivity index (χ4v) is 7.10. The molecular weight excluding hydrogens is 685 g/mol. The number of pyridine rings is 2. The number of benzene rings is 1. The van der Waals surface area contributed by atoms with Gasteiger partial charge in [0.1, 0.15) is 24.1 Å². The molecule has 0 bridgehead atoms. The molecule has 0 radical (unpaired) electrons. The van der Waals surface area contributed by atoms with Crippen LogP contribution in [0.2, 0.25) is 0 Å². The Morgan fingerprint density at radius 1 is 0.981 bits per heavy atom. The van der Waals surface area contributed by atoms with E-state index in [2.05, 4.69) is 20.5 Å². The van der Waals surface area contributed by atoms with E-state index in [0.29, 0.717) is 80.4 Å². The Morgan fingerprint density at radius 2 is 1.85 bits per heavy atom. The number of carbonyl (C=O) groups is 1. The summed E-state index contributed by atoms with van der Waals surface area (Å²) in [5, 5.41) is 11.4. The van der Waals surface area contributed by atoms with Gasteiger partial charge in [0.15, 0.2) is 17.3 Å². The second-order valence-corrected chi connectivity index (χ2v) is 14.0. The molecular formula is C38H40N6O7S. The van der Waals surface area contributed by atoms with Crippen molar-refractivity contribution in [2.45, 2.75) is 32.4 Å². The van der Waals surface area contributed by atoms with Crippen LogP contribution in [0.1, 0.15) is 28.1 Å². The van der Waals surface area contributed by atoms with E-state index >= 15 is 0 Å². The summed E-state index contributed by atoms with van der Waals surface area (Å²) in [4.78, 5) is 33.6.